The van der Waals surface area contributed by atoms with E-state index in [9.17, 15) is 4.79 Å². The summed E-state index contributed by atoms with van der Waals surface area (Å²) >= 11 is 6.09. The van der Waals surface area contributed by atoms with Crippen LogP contribution in [0.1, 0.15) is 15.9 Å². The van der Waals surface area contributed by atoms with E-state index in [0.717, 1.165) is 5.56 Å². The van der Waals surface area contributed by atoms with E-state index in [-0.39, 0.29) is 5.91 Å². The average Bonchev–Trinajstić information content (AvgIpc) is 2.46. The number of hydrogen-bond donors (Lipinski definition) is 1. The molecule has 1 aromatic heterocycles. The van der Waals surface area contributed by atoms with Crippen molar-refractivity contribution in [3.8, 4) is 11.5 Å². The zero-order valence-electron chi connectivity index (χ0n) is 11.9. The van der Waals surface area contributed by atoms with Crippen molar-refractivity contribution in [1.29, 1.82) is 0 Å². The molecule has 21 heavy (non-hydrogen) atoms. The van der Waals surface area contributed by atoms with Crippen molar-refractivity contribution in [3.05, 3.63) is 46.6 Å². The van der Waals surface area contributed by atoms with Crippen LogP contribution < -0.4 is 14.8 Å². The predicted octanol–water partition coefficient (Wildman–Crippen LogP) is 3.31. The van der Waals surface area contributed by atoms with E-state index in [1.54, 1.807) is 18.3 Å². The zero-order valence-corrected chi connectivity index (χ0v) is 12.7. The number of nitrogens with zero attached hydrogens (tertiary/aromatic N) is 1. The zero-order chi connectivity index (χ0) is 15.4. The van der Waals surface area contributed by atoms with Crippen LogP contribution in [0.25, 0.3) is 0 Å². The van der Waals surface area contributed by atoms with Gasteiger partial charge < -0.3 is 14.8 Å². The number of aryl methyl sites for hydroxylation is 1. The summed E-state index contributed by atoms with van der Waals surface area (Å²) in [6, 6.07) is 6.72. The summed E-state index contributed by atoms with van der Waals surface area (Å²) in [6.07, 6.45) is 1.63. The Balaban J connectivity index is 2.29. The van der Waals surface area contributed by atoms with E-state index < -0.39 is 0 Å². The summed E-state index contributed by atoms with van der Waals surface area (Å²) in [4.78, 5) is 16.3. The fraction of sp³-hybridized carbons (Fsp3) is 0.200. The van der Waals surface area contributed by atoms with Crippen molar-refractivity contribution >= 4 is 23.3 Å². The Kier molecular flexibility index (Phi) is 4.65. The second-order valence-electron chi connectivity index (χ2n) is 4.37. The Hall–Kier alpha value is -2.27. The standard InChI is InChI=1S/C15H15ClN2O3/c1-9-4-5-17-13(6-9)18-15(19)10-7-11(16)14(21-3)12(8-10)20-2/h4-8H,1-3H3,(H,17,18,19). The first-order valence-electron chi connectivity index (χ1n) is 6.20. The highest BCUT2D eigenvalue weighted by atomic mass is 35.5. The van der Waals surface area contributed by atoms with Crippen LogP contribution in [0.3, 0.4) is 0 Å². The van der Waals surface area contributed by atoms with Crippen molar-refractivity contribution in [1.82, 2.24) is 4.98 Å². The number of hydrogen-bond acceptors (Lipinski definition) is 4. The van der Waals surface area contributed by atoms with Crippen LogP contribution in [0, 0.1) is 6.92 Å². The number of pyridine rings is 1. The van der Waals surface area contributed by atoms with Crippen molar-refractivity contribution in [2.24, 2.45) is 0 Å². The molecule has 1 aromatic carbocycles. The fourth-order valence-corrected chi connectivity index (χ4v) is 2.13. The van der Waals surface area contributed by atoms with Gasteiger partial charge >= 0.3 is 0 Å². The van der Waals surface area contributed by atoms with Crippen LogP contribution in [-0.2, 0) is 0 Å². The molecule has 0 aliphatic heterocycles. The third kappa shape index (κ3) is 3.44. The molecule has 0 saturated heterocycles. The lowest BCUT2D eigenvalue weighted by molar-refractivity contribution is 0.102. The second-order valence-corrected chi connectivity index (χ2v) is 4.77. The van der Waals surface area contributed by atoms with Crippen molar-refractivity contribution in [2.75, 3.05) is 19.5 Å². The Morgan fingerprint density at radius 2 is 2.00 bits per heavy atom. The molecule has 0 unspecified atom stereocenters. The largest absolute Gasteiger partial charge is 0.493 e. The van der Waals surface area contributed by atoms with Crippen molar-refractivity contribution < 1.29 is 14.3 Å². The SMILES string of the molecule is COc1cc(C(=O)Nc2cc(C)ccn2)cc(Cl)c1OC. The molecule has 6 heteroatoms. The first-order chi connectivity index (χ1) is 10.0. The maximum atomic E-state index is 12.2. The maximum absolute atomic E-state index is 12.2. The smallest absolute Gasteiger partial charge is 0.257 e. The van der Waals surface area contributed by atoms with Gasteiger partial charge in [-0.15, -0.1) is 0 Å². The predicted molar refractivity (Wildman–Crippen MR) is 81.5 cm³/mol. The molecule has 0 aliphatic carbocycles. The lowest BCUT2D eigenvalue weighted by atomic mass is 10.2. The van der Waals surface area contributed by atoms with E-state index in [2.05, 4.69) is 10.3 Å². The maximum Gasteiger partial charge on any atom is 0.257 e. The molecule has 0 fully saturated rings. The van der Waals surface area contributed by atoms with E-state index in [1.165, 1.54) is 20.3 Å². The molecule has 1 heterocycles. The number of anilines is 1. The van der Waals surface area contributed by atoms with Gasteiger partial charge in [-0.05, 0) is 36.8 Å². The first kappa shape index (κ1) is 15.1. The number of methoxy groups -OCH3 is 2. The molecule has 5 nitrogen and oxygen atoms in total. The van der Waals surface area contributed by atoms with Crippen LogP contribution in [0.5, 0.6) is 11.5 Å². The van der Waals surface area contributed by atoms with E-state index in [4.69, 9.17) is 21.1 Å². The number of halogens is 1. The van der Waals surface area contributed by atoms with Gasteiger partial charge in [0, 0.05) is 11.8 Å². The van der Waals surface area contributed by atoms with Crippen LogP contribution in [0.15, 0.2) is 30.5 Å². The summed E-state index contributed by atoms with van der Waals surface area (Å²) in [6.45, 7) is 1.92. The van der Waals surface area contributed by atoms with E-state index in [0.29, 0.717) is 27.9 Å². The third-order valence-corrected chi connectivity index (χ3v) is 3.13. The normalized spacial score (nSPS) is 10.1. The molecule has 0 bridgehead atoms. The lowest BCUT2D eigenvalue weighted by Crippen LogP contribution is -2.13. The molecule has 0 spiro atoms. The number of carbonyl (C=O) groups excluding carboxylic acids is 1. The van der Waals surface area contributed by atoms with Crippen LogP contribution in [0.4, 0.5) is 5.82 Å². The highest BCUT2D eigenvalue weighted by molar-refractivity contribution is 6.32. The van der Waals surface area contributed by atoms with Gasteiger partial charge in [0.05, 0.1) is 19.2 Å². The molecule has 110 valence electrons. The lowest BCUT2D eigenvalue weighted by Gasteiger charge is -2.11. The number of aromatic nitrogens is 1. The minimum absolute atomic E-state index is 0.305. The van der Waals surface area contributed by atoms with Crippen LogP contribution in [-0.4, -0.2) is 25.1 Å². The van der Waals surface area contributed by atoms with Gasteiger partial charge in [0.15, 0.2) is 11.5 Å². The van der Waals surface area contributed by atoms with Crippen molar-refractivity contribution in [3.63, 3.8) is 0 Å². The number of amides is 1. The molecular formula is C15H15ClN2O3. The first-order valence-corrected chi connectivity index (χ1v) is 6.58. The Bertz CT molecular complexity index is 674. The molecule has 0 radical (unpaired) electrons. The fourth-order valence-electron chi connectivity index (χ4n) is 1.84. The number of ether oxygens (including phenoxy) is 2. The number of benzene rings is 1. The Labute approximate surface area is 127 Å². The van der Waals surface area contributed by atoms with Gasteiger partial charge in [-0.1, -0.05) is 11.6 Å². The summed E-state index contributed by atoms with van der Waals surface area (Å²) in [5.41, 5.74) is 1.37. The van der Waals surface area contributed by atoms with Gasteiger partial charge in [0.2, 0.25) is 0 Å². The Morgan fingerprint density at radius 3 is 2.62 bits per heavy atom. The summed E-state index contributed by atoms with van der Waals surface area (Å²) < 4.78 is 10.3. The van der Waals surface area contributed by atoms with Gasteiger partial charge in [0.1, 0.15) is 5.82 Å². The average molecular weight is 307 g/mol. The van der Waals surface area contributed by atoms with Gasteiger partial charge in [-0.2, -0.15) is 0 Å². The highest BCUT2D eigenvalue weighted by Gasteiger charge is 2.15. The molecular weight excluding hydrogens is 292 g/mol. The summed E-state index contributed by atoms with van der Waals surface area (Å²) in [5, 5.41) is 3.01. The summed E-state index contributed by atoms with van der Waals surface area (Å²) in [5.74, 6) is 0.943. The van der Waals surface area contributed by atoms with Crippen LogP contribution in [0.2, 0.25) is 5.02 Å². The molecule has 1 amide bonds. The van der Waals surface area contributed by atoms with Gasteiger partial charge in [0.25, 0.3) is 5.91 Å². The van der Waals surface area contributed by atoms with Gasteiger partial charge in [-0.25, -0.2) is 4.98 Å². The molecule has 0 saturated carbocycles. The number of nitrogens with one attached hydrogen (secondary N) is 1. The quantitative estimate of drug-likeness (QED) is 0.941. The van der Waals surface area contributed by atoms with Crippen molar-refractivity contribution in [2.45, 2.75) is 6.92 Å². The van der Waals surface area contributed by atoms with Crippen LogP contribution >= 0.6 is 11.6 Å². The van der Waals surface area contributed by atoms with E-state index >= 15 is 0 Å². The molecule has 2 rings (SSSR count). The topological polar surface area (TPSA) is 60.5 Å². The molecule has 0 aliphatic rings. The minimum atomic E-state index is -0.323. The third-order valence-electron chi connectivity index (χ3n) is 2.85. The second kappa shape index (κ2) is 6.45. The minimum Gasteiger partial charge on any atom is -0.493 e. The molecule has 2 aromatic rings. The highest BCUT2D eigenvalue weighted by Crippen LogP contribution is 2.36. The summed E-state index contributed by atoms with van der Waals surface area (Å²) in [7, 11) is 2.97. The van der Waals surface area contributed by atoms with E-state index in [1.807, 2.05) is 13.0 Å². The Morgan fingerprint density at radius 1 is 1.24 bits per heavy atom. The number of carbonyl (C=O) groups is 1. The molecule has 0 atom stereocenters. The number of rotatable bonds is 4. The monoisotopic (exact) mass is 306 g/mol. The van der Waals surface area contributed by atoms with Gasteiger partial charge in [-0.3, -0.25) is 4.79 Å². The molecule has 1 N–H and O–H groups in total.